The minimum atomic E-state index is -0.290. The standard InChI is InChI=1S/C27H36Cl2N2O3/c1-32-27(21-34-24-8-9-25(28)26(29)19-24)10-14-31(15-11-27)20-22-6-5-7-23(18-22)33-17-16-30-12-3-2-4-13-30/h5-9,18-19H,2-4,10-17,20-21H2,1H3. The van der Waals surface area contributed by atoms with Crippen molar-refractivity contribution in [3.05, 3.63) is 58.1 Å². The lowest BCUT2D eigenvalue weighted by Gasteiger charge is -2.40. The minimum Gasteiger partial charge on any atom is -0.492 e. The van der Waals surface area contributed by atoms with Gasteiger partial charge < -0.3 is 14.2 Å². The summed E-state index contributed by atoms with van der Waals surface area (Å²) >= 11 is 12.1. The van der Waals surface area contributed by atoms with Crippen molar-refractivity contribution in [2.75, 3.05) is 53.0 Å². The first-order valence-electron chi connectivity index (χ1n) is 12.3. The Balaban J connectivity index is 1.23. The average molecular weight is 508 g/mol. The molecular weight excluding hydrogens is 471 g/mol. The molecule has 0 aliphatic carbocycles. The van der Waals surface area contributed by atoms with Gasteiger partial charge in [0, 0.05) is 39.4 Å². The van der Waals surface area contributed by atoms with Gasteiger partial charge in [0.1, 0.15) is 30.3 Å². The molecule has 0 amide bonds. The van der Waals surface area contributed by atoms with Crippen LogP contribution in [0.5, 0.6) is 11.5 Å². The zero-order valence-corrected chi connectivity index (χ0v) is 21.6. The Bertz CT molecular complexity index is 912. The smallest absolute Gasteiger partial charge is 0.121 e. The lowest BCUT2D eigenvalue weighted by atomic mass is 9.91. The highest BCUT2D eigenvalue weighted by Crippen LogP contribution is 2.30. The number of likely N-dealkylation sites (tertiary alicyclic amines) is 2. The van der Waals surface area contributed by atoms with Crippen LogP contribution in [0, 0.1) is 0 Å². The molecule has 0 atom stereocenters. The fourth-order valence-electron chi connectivity index (χ4n) is 4.77. The average Bonchev–Trinajstić information content (AvgIpc) is 2.87. The van der Waals surface area contributed by atoms with Gasteiger partial charge in [-0.1, -0.05) is 41.8 Å². The van der Waals surface area contributed by atoms with Crippen LogP contribution in [-0.4, -0.2) is 68.4 Å². The Hall–Kier alpha value is -1.50. The van der Waals surface area contributed by atoms with Crippen molar-refractivity contribution in [3.63, 3.8) is 0 Å². The summed E-state index contributed by atoms with van der Waals surface area (Å²) < 4.78 is 18.0. The molecule has 2 fully saturated rings. The molecule has 0 radical (unpaired) electrons. The maximum atomic E-state index is 6.11. The third kappa shape index (κ3) is 7.25. The van der Waals surface area contributed by atoms with Crippen molar-refractivity contribution >= 4 is 23.2 Å². The van der Waals surface area contributed by atoms with Gasteiger partial charge in [-0.3, -0.25) is 9.80 Å². The largest absolute Gasteiger partial charge is 0.492 e. The third-order valence-corrected chi connectivity index (χ3v) is 7.76. The Morgan fingerprint density at radius 3 is 2.32 bits per heavy atom. The van der Waals surface area contributed by atoms with Crippen LogP contribution in [0.3, 0.4) is 0 Å². The summed E-state index contributed by atoms with van der Waals surface area (Å²) in [6.45, 7) is 7.51. The number of hydrogen-bond acceptors (Lipinski definition) is 5. The van der Waals surface area contributed by atoms with E-state index < -0.39 is 0 Å². The zero-order valence-electron chi connectivity index (χ0n) is 20.1. The molecular formula is C27H36Cl2N2O3. The normalized spacial score (nSPS) is 19.1. The molecule has 0 spiro atoms. The molecule has 2 aliphatic heterocycles. The number of rotatable bonds is 10. The quantitative estimate of drug-likeness (QED) is 0.399. The molecule has 2 aromatic rings. The van der Waals surface area contributed by atoms with Gasteiger partial charge in [-0.15, -0.1) is 0 Å². The summed E-state index contributed by atoms with van der Waals surface area (Å²) in [4.78, 5) is 4.98. The van der Waals surface area contributed by atoms with E-state index in [0.717, 1.165) is 51.4 Å². The molecule has 0 unspecified atom stereocenters. The molecule has 0 aromatic heterocycles. The monoisotopic (exact) mass is 506 g/mol. The highest BCUT2D eigenvalue weighted by atomic mass is 35.5. The van der Waals surface area contributed by atoms with Gasteiger partial charge in [-0.05, 0) is 68.6 Å². The zero-order chi connectivity index (χ0) is 23.8. The highest BCUT2D eigenvalue weighted by molar-refractivity contribution is 6.42. The van der Waals surface area contributed by atoms with Crippen LogP contribution >= 0.6 is 23.2 Å². The summed E-state index contributed by atoms with van der Waals surface area (Å²) in [6.07, 6.45) is 5.83. The molecule has 0 bridgehead atoms. The summed E-state index contributed by atoms with van der Waals surface area (Å²) in [7, 11) is 1.78. The van der Waals surface area contributed by atoms with Gasteiger partial charge in [-0.2, -0.15) is 0 Å². The van der Waals surface area contributed by atoms with E-state index in [-0.39, 0.29) is 5.60 Å². The molecule has 2 aromatic carbocycles. The second-order valence-corrected chi connectivity index (χ2v) is 10.2. The summed E-state index contributed by atoms with van der Waals surface area (Å²) in [6, 6.07) is 13.9. The van der Waals surface area contributed by atoms with E-state index in [1.165, 1.54) is 37.9 Å². The van der Waals surface area contributed by atoms with Crippen molar-refractivity contribution in [2.45, 2.75) is 44.2 Å². The summed E-state index contributed by atoms with van der Waals surface area (Å²) in [5.41, 5.74) is 0.995. The molecule has 2 saturated heterocycles. The van der Waals surface area contributed by atoms with E-state index in [0.29, 0.717) is 22.4 Å². The fraction of sp³-hybridized carbons (Fsp3) is 0.556. The lowest BCUT2D eigenvalue weighted by Crippen LogP contribution is -2.48. The second kappa shape index (κ2) is 12.5. The first-order valence-corrected chi connectivity index (χ1v) is 13.1. The van der Waals surface area contributed by atoms with Crippen LogP contribution in [0.1, 0.15) is 37.7 Å². The summed E-state index contributed by atoms with van der Waals surface area (Å²) in [5, 5.41) is 1.03. The first kappa shape index (κ1) is 25.6. The number of piperidine rings is 2. The molecule has 34 heavy (non-hydrogen) atoms. The van der Waals surface area contributed by atoms with Crippen molar-refractivity contribution in [1.29, 1.82) is 0 Å². The lowest BCUT2D eigenvalue weighted by molar-refractivity contribution is -0.0839. The molecule has 186 valence electrons. The van der Waals surface area contributed by atoms with E-state index in [1.807, 2.05) is 6.07 Å². The number of ether oxygens (including phenoxy) is 3. The fourth-order valence-corrected chi connectivity index (χ4v) is 5.06. The van der Waals surface area contributed by atoms with E-state index in [1.54, 1.807) is 19.2 Å². The van der Waals surface area contributed by atoms with Crippen molar-refractivity contribution < 1.29 is 14.2 Å². The van der Waals surface area contributed by atoms with E-state index in [9.17, 15) is 0 Å². The Morgan fingerprint density at radius 2 is 1.59 bits per heavy atom. The van der Waals surface area contributed by atoms with Gasteiger partial charge in [0.2, 0.25) is 0 Å². The molecule has 0 N–H and O–H groups in total. The highest BCUT2D eigenvalue weighted by Gasteiger charge is 2.35. The molecule has 5 nitrogen and oxygen atoms in total. The van der Waals surface area contributed by atoms with Gasteiger partial charge in [0.15, 0.2) is 0 Å². The Labute approximate surface area is 213 Å². The number of hydrogen-bond donors (Lipinski definition) is 0. The van der Waals surface area contributed by atoms with Crippen LogP contribution in [-0.2, 0) is 11.3 Å². The van der Waals surface area contributed by atoms with E-state index in [4.69, 9.17) is 37.4 Å². The predicted octanol–water partition coefficient (Wildman–Crippen LogP) is 5.92. The topological polar surface area (TPSA) is 34.2 Å². The molecule has 4 rings (SSSR count). The number of benzene rings is 2. The van der Waals surface area contributed by atoms with Crippen molar-refractivity contribution in [1.82, 2.24) is 9.80 Å². The molecule has 7 heteroatoms. The SMILES string of the molecule is COC1(COc2ccc(Cl)c(Cl)c2)CCN(Cc2cccc(OCCN3CCCCC3)c2)CC1. The van der Waals surface area contributed by atoms with Crippen LogP contribution in [0.15, 0.2) is 42.5 Å². The molecule has 2 aliphatic rings. The van der Waals surface area contributed by atoms with Crippen LogP contribution in [0.2, 0.25) is 10.0 Å². The number of halogens is 2. The van der Waals surface area contributed by atoms with Gasteiger partial charge >= 0.3 is 0 Å². The molecule has 2 heterocycles. The van der Waals surface area contributed by atoms with Gasteiger partial charge in [0.05, 0.1) is 10.0 Å². The number of nitrogens with zero attached hydrogens (tertiary/aromatic N) is 2. The van der Waals surface area contributed by atoms with Crippen molar-refractivity contribution in [3.8, 4) is 11.5 Å². The van der Waals surface area contributed by atoms with Crippen molar-refractivity contribution in [2.24, 2.45) is 0 Å². The molecule has 0 saturated carbocycles. The maximum absolute atomic E-state index is 6.11. The Kier molecular flexibility index (Phi) is 9.38. The van der Waals surface area contributed by atoms with Crippen LogP contribution < -0.4 is 9.47 Å². The minimum absolute atomic E-state index is 0.290. The Morgan fingerprint density at radius 1 is 0.824 bits per heavy atom. The van der Waals surface area contributed by atoms with Gasteiger partial charge in [-0.25, -0.2) is 0 Å². The second-order valence-electron chi connectivity index (χ2n) is 9.43. The predicted molar refractivity (Wildman–Crippen MR) is 138 cm³/mol. The van der Waals surface area contributed by atoms with E-state index >= 15 is 0 Å². The van der Waals surface area contributed by atoms with Gasteiger partial charge in [0.25, 0.3) is 0 Å². The first-order chi connectivity index (χ1) is 16.5. The van der Waals surface area contributed by atoms with Crippen LogP contribution in [0.4, 0.5) is 0 Å². The summed E-state index contributed by atoms with van der Waals surface area (Å²) in [5.74, 6) is 1.68. The third-order valence-electron chi connectivity index (χ3n) is 7.02. The number of methoxy groups -OCH3 is 1. The van der Waals surface area contributed by atoms with Crippen LogP contribution in [0.25, 0.3) is 0 Å². The maximum Gasteiger partial charge on any atom is 0.121 e. The van der Waals surface area contributed by atoms with E-state index in [2.05, 4.69) is 34.1 Å².